The van der Waals surface area contributed by atoms with Gasteiger partial charge in [0.25, 0.3) is 0 Å². The van der Waals surface area contributed by atoms with Crippen LogP contribution >= 0.6 is 0 Å². The van der Waals surface area contributed by atoms with E-state index < -0.39 is 11.9 Å². The maximum atomic E-state index is 13.1. The molecule has 24 heavy (non-hydrogen) atoms. The number of carbonyl (C=O) groups is 1. The Morgan fingerprint density at radius 3 is 2.46 bits per heavy atom. The van der Waals surface area contributed by atoms with Gasteiger partial charge in [0.1, 0.15) is 5.69 Å². The number of nitrogens with zero attached hydrogens (tertiary/aromatic N) is 3. The third kappa shape index (κ3) is 3.85. The molecule has 2 heterocycles. The van der Waals surface area contributed by atoms with Crippen molar-refractivity contribution in [1.29, 1.82) is 0 Å². The largest absolute Gasteiger partial charge is 0.433 e. The van der Waals surface area contributed by atoms with Gasteiger partial charge in [-0.25, -0.2) is 9.97 Å². The SMILES string of the molecule is C=CC(=O)NC1CCN(c2nc(C3CC3)cc(C(F)(F)F)n2)CC1. The summed E-state index contributed by atoms with van der Waals surface area (Å²) in [7, 11) is 0. The molecule has 1 N–H and O–H groups in total. The van der Waals surface area contributed by atoms with Crippen molar-refractivity contribution in [2.75, 3.05) is 18.0 Å². The van der Waals surface area contributed by atoms with Crippen LogP contribution in [0.25, 0.3) is 0 Å². The van der Waals surface area contributed by atoms with Gasteiger partial charge in [0, 0.05) is 30.7 Å². The van der Waals surface area contributed by atoms with Gasteiger partial charge >= 0.3 is 6.18 Å². The van der Waals surface area contributed by atoms with Crippen molar-refractivity contribution in [2.24, 2.45) is 0 Å². The first-order valence-corrected chi connectivity index (χ1v) is 8.01. The van der Waals surface area contributed by atoms with E-state index in [9.17, 15) is 18.0 Å². The van der Waals surface area contributed by atoms with E-state index in [0.29, 0.717) is 31.6 Å². The van der Waals surface area contributed by atoms with Gasteiger partial charge < -0.3 is 10.2 Å². The second-order valence-electron chi connectivity index (χ2n) is 6.22. The van der Waals surface area contributed by atoms with Crippen LogP contribution in [0.15, 0.2) is 18.7 Å². The van der Waals surface area contributed by atoms with E-state index >= 15 is 0 Å². The molecule has 1 saturated heterocycles. The zero-order chi connectivity index (χ0) is 17.3. The number of piperidine rings is 1. The van der Waals surface area contributed by atoms with E-state index in [0.717, 1.165) is 18.9 Å². The molecule has 0 spiro atoms. The third-order valence-electron chi connectivity index (χ3n) is 4.33. The molecule has 1 aromatic heterocycles. The predicted molar refractivity (Wildman–Crippen MR) is 82.6 cm³/mol. The van der Waals surface area contributed by atoms with Gasteiger partial charge in [0.15, 0.2) is 0 Å². The highest BCUT2D eigenvalue weighted by atomic mass is 19.4. The summed E-state index contributed by atoms with van der Waals surface area (Å²) < 4.78 is 39.2. The molecule has 1 aliphatic carbocycles. The average molecular weight is 340 g/mol. The van der Waals surface area contributed by atoms with Crippen LogP contribution in [0.3, 0.4) is 0 Å². The minimum absolute atomic E-state index is 0.000418. The molecule has 0 unspecified atom stereocenters. The van der Waals surface area contributed by atoms with Crippen molar-refractivity contribution in [3.8, 4) is 0 Å². The lowest BCUT2D eigenvalue weighted by molar-refractivity contribution is -0.141. The third-order valence-corrected chi connectivity index (χ3v) is 4.33. The summed E-state index contributed by atoms with van der Waals surface area (Å²) in [4.78, 5) is 21.2. The average Bonchev–Trinajstić information content (AvgIpc) is 3.39. The number of halogens is 3. The Morgan fingerprint density at radius 2 is 1.92 bits per heavy atom. The number of aromatic nitrogens is 2. The fourth-order valence-electron chi connectivity index (χ4n) is 2.81. The monoisotopic (exact) mass is 340 g/mol. The van der Waals surface area contributed by atoms with Gasteiger partial charge in [-0.05, 0) is 37.8 Å². The Hall–Kier alpha value is -2.12. The van der Waals surface area contributed by atoms with E-state index in [-0.39, 0.29) is 23.8 Å². The molecular weight excluding hydrogens is 321 g/mol. The number of rotatable bonds is 4. The van der Waals surface area contributed by atoms with E-state index in [2.05, 4.69) is 21.9 Å². The van der Waals surface area contributed by atoms with Crippen LogP contribution in [0, 0.1) is 0 Å². The highest BCUT2D eigenvalue weighted by molar-refractivity contribution is 5.87. The van der Waals surface area contributed by atoms with Crippen LogP contribution in [0.2, 0.25) is 0 Å². The molecule has 1 aromatic rings. The number of hydrogen-bond acceptors (Lipinski definition) is 4. The molecule has 0 radical (unpaired) electrons. The molecular formula is C16H19F3N4O. The van der Waals surface area contributed by atoms with Crippen LogP contribution in [0.1, 0.15) is 43.0 Å². The molecule has 0 atom stereocenters. The van der Waals surface area contributed by atoms with Gasteiger partial charge in [0.2, 0.25) is 11.9 Å². The summed E-state index contributed by atoms with van der Waals surface area (Å²) in [6.45, 7) is 4.42. The van der Waals surface area contributed by atoms with Gasteiger partial charge in [-0.3, -0.25) is 4.79 Å². The molecule has 5 nitrogen and oxygen atoms in total. The Balaban J connectivity index is 1.74. The minimum Gasteiger partial charge on any atom is -0.350 e. The van der Waals surface area contributed by atoms with Gasteiger partial charge in [-0.2, -0.15) is 13.2 Å². The first kappa shape index (κ1) is 16.7. The summed E-state index contributed by atoms with van der Waals surface area (Å²) in [6, 6.07) is 1.07. The normalized spacial score (nSPS) is 19.2. The Bertz CT molecular complexity index is 635. The molecule has 1 amide bonds. The number of hydrogen-bond donors (Lipinski definition) is 1. The van der Waals surface area contributed by atoms with Crippen molar-refractivity contribution in [2.45, 2.75) is 43.8 Å². The van der Waals surface area contributed by atoms with Crippen LogP contribution < -0.4 is 10.2 Å². The lowest BCUT2D eigenvalue weighted by atomic mass is 10.1. The maximum Gasteiger partial charge on any atom is 0.433 e. The summed E-state index contributed by atoms with van der Waals surface area (Å²) in [5.41, 5.74) is -0.397. The summed E-state index contributed by atoms with van der Waals surface area (Å²) in [5.74, 6) is 0.0253. The Labute approximate surface area is 138 Å². The second-order valence-corrected chi connectivity index (χ2v) is 6.22. The van der Waals surface area contributed by atoms with E-state index in [1.807, 2.05) is 0 Å². The quantitative estimate of drug-likeness (QED) is 0.856. The van der Waals surface area contributed by atoms with Crippen LogP contribution in [-0.4, -0.2) is 35.0 Å². The standard InChI is InChI=1S/C16H19F3N4O/c1-2-14(24)20-11-5-7-23(8-6-11)15-21-12(10-3-4-10)9-13(22-15)16(17,18)19/h2,9-11H,1,3-8H2,(H,20,24). The van der Waals surface area contributed by atoms with Crippen LogP contribution in [-0.2, 0) is 11.0 Å². The topological polar surface area (TPSA) is 58.1 Å². The molecule has 2 fully saturated rings. The van der Waals surface area contributed by atoms with Gasteiger partial charge in [-0.15, -0.1) is 0 Å². The molecule has 0 aromatic carbocycles. The van der Waals surface area contributed by atoms with Gasteiger partial charge in [-0.1, -0.05) is 6.58 Å². The first-order valence-electron chi connectivity index (χ1n) is 8.01. The lowest BCUT2D eigenvalue weighted by Gasteiger charge is -2.32. The fraction of sp³-hybridized carbons (Fsp3) is 0.562. The molecule has 3 rings (SSSR count). The zero-order valence-corrected chi connectivity index (χ0v) is 13.1. The van der Waals surface area contributed by atoms with E-state index in [1.54, 1.807) is 4.90 Å². The number of anilines is 1. The predicted octanol–water partition coefficient (Wildman–Crippen LogP) is 2.64. The van der Waals surface area contributed by atoms with Gasteiger partial charge in [0.05, 0.1) is 0 Å². The zero-order valence-electron chi connectivity index (χ0n) is 13.1. The Morgan fingerprint density at radius 1 is 1.25 bits per heavy atom. The molecule has 1 aliphatic heterocycles. The number of alkyl halides is 3. The van der Waals surface area contributed by atoms with Crippen molar-refractivity contribution in [1.82, 2.24) is 15.3 Å². The van der Waals surface area contributed by atoms with Crippen LogP contribution in [0.5, 0.6) is 0 Å². The number of amides is 1. The van der Waals surface area contributed by atoms with E-state index in [1.165, 1.54) is 6.08 Å². The van der Waals surface area contributed by atoms with Crippen LogP contribution in [0.4, 0.5) is 19.1 Å². The highest BCUT2D eigenvalue weighted by Gasteiger charge is 2.37. The van der Waals surface area contributed by atoms with Crippen molar-refractivity contribution < 1.29 is 18.0 Å². The first-order chi connectivity index (χ1) is 11.4. The molecule has 1 saturated carbocycles. The number of carbonyl (C=O) groups excluding carboxylic acids is 1. The van der Waals surface area contributed by atoms with Crippen molar-refractivity contribution in [3.63, 3.8) is 0 Å². The molecule has 130 valence electrons. The second kappa shape index (κ2) is 6.41. The molecule has 0 bridgehead atoms. The number of nitrogens with one attached hydrogen (secondary N) is 1. The molecule has 8 heteroatoms. The minimum atomic E-state index is -4.47. The van der Waals surface area contributed by atoms with E-state index in [4.69, 9.17) is 0 Å². The smallest absolute Gasteiger partial charge is 0.350 e. The highest BCUT2D eigenvalue weighted by Crippen LogP contribution is 2.41. The van der Waals surface area contributed by atoms with Crippen molar-refractivity contribution in [3.05, 3.63) is 30.1 Å². The fourth-order valence-corrected chi connectivity index (χ4v) is 2.81. The van der Waals surface area contributed by atoms with Crippen molar-refractivity contribution >= 4 is 11.9 Å². The summed E-state index contributed by atoms with van der Waals surface area (Å²) >= 11 is 0. The Kier molecular flexibility index (Phi) is 4.47. The lowest BCUT2D eigenvalue weighted by Crippen LogP contribution is -2.44. The molecule has 2 aliphatic rings. The summed E-state index contributed by atoms with van der Waals surface area (Å²) in [5, 5.41) is 2.81. The summed E-state index contributed by atoms with van der Waals surface area (Å²) in [6.07, 6.45) is -0.232. The maximum absolute atomic E-state index is 13.1.